The predicted molar refractivity (Wildman–Crippen MR) is 236 cm³/mol. The Morgan fingerprint density at radius 1 is 0.922 bits per heavy atom. The molecule has 17 heteroatoms. The van der Waals surface area contributed by atoms with Crippen molar-refractivity contribution in [3.63, 3.8) is 0 Å². The van der Waals surface area contributed by atoms with Gasteiger partial charge in [-0.15, -0.1) is 0 Å². The summed E-state index contributed by atoms with van der Waals surface area (Å²) < 4.78 is 80.7. The number of anilines is 2. The first-order chi connectivity index (χ1) is 30.6. The summed E-state index contributed by atoms with van der Waals surface area (Å²) in [7, 11) is 5.12. The molecular formula is C47H46ClF4N7O5. The quantitative estimate of drug-likeness (QED) is 0.125. The minimum absolute atomic E-state index is 0.105. The van der Waals surface area contributed by atoms with Gasteiger partial charge in [0.15, 0.2) is 5.82 Å². The number of carboxylic acid groups (broad SMARTS) is 1. The maximum Gasteiger partial charge on any atom is 0.418 e. The molecule has 1 amide bonds. The van der Waals surface area contributed by atoms with Gasteiger partial charge in [-0.3, -0.25) is 0 Å². The number of alkyl halides is 3. The van der Waals surface area contributed by atoms with Crippen molar-refractivity contribution in [1.82, 2.24) is 24.8 Å². The van der Waals surface area contributed by atoms with Crippen molar-refractivity contribution in [3.05, 3.63) is 123 Å². The SMILES string of the molecule is COc1ccc(CN(Cc2ccc(OC)cc2)c2cc(C)c(C(F)(F)F)c(-c3c(Cl)cc4c(N5CCN(C(=O)O)C[C@@H]5C)nc(Oc5cccc6c5CCN(C)C6)nc4c3F)n2)cc1. The Balaban J connectivity index is 1.31. The lowest BCUT2D eigenvalue weighted by molar-refractivity contribution is -0.137. The third-order valence-corrected chi connectivity index (χ3v) is 12.0. The Morgan fingerprint density at radius 2 is 1.58 bits per heavy atom. The van der Waals surface area contributed by atoms with Crippen LogP contribution in [0.15, 0.2) is 78.9 Å². The van der Waals surface area contributed by atoms with Gasteiger partial charge in [0.1, 0.15) is 34.4 Å². The fraction of sp³-hybridized carbons (Fsp3) is 0.319. The molecule has 12 nitrogen and oxygen atoms in total. The number of aromatic nitrogens is 3. The van der Waals surface area contributed by atoms with Crippen LogP contribution in [0.2, 0.25) is 5.02 Å². The molecule has 1 atom stereocenters. The molecule has 4 heterocycles. The van der Waals surface area contributed by atoms with Crippen molar-refractivity contribution in [1.29, 1.82) is 0 Å². The van der Waals surface area contributed by atoms with E-state index < -0.39 is 40.9 Å². The fourth-order valence-electron chi connectivity index (χ4n) is 8.47. The molecule has 334 valence electrons. The van der Waals surface area contributed by atoms with Crippen LogP contribution in [-0.2, 0) is 32.2 Å². The van der Waals surface area contributed by atoms with E-state index in [1.807, 2.05) is 48.3 Å². The van der Waals surface area contributed by atoms with Crippen LogP contribution in [0.5, 0.6) is 23.3 Å². The Kier molecular flexibility index (Phi) is 12.4. The van der Waals surface area contributed by atoms with Crippen molar-refractivity contribution in [2.24, 2.45) is 0 Å². The van der Waals surface area contributed by atoms with E-state index in [0.717, 1.165) is 28.8 Å². The molecule has 2 aliphatic heterocycles. The highest BCUT2D eigenvalue weighted by atomic mass is 35.5. The molecule has 64 heavy (non-hydrogen) atoms. The van der Waals surface area contributed by atoms with Crippen LogP contribution in [0.3, 0.4) is 0 Å². The fourth-order valence-corrected chi connectivity index (χ4v) is 8.76. The first-order valence-corrected chi connectivity index (χ1v) is 21.0. The molecule has 0 bridgehead atoms. The summed E-state index contributed by atoms with van der Waals surface area (Å²) >= 11 is 6.96. The molecule has 8 rings (SSSR count). The van der Waals surface area contributed by atoms with Crippen LogP contribution in [-0.4, -0.2) is 89.4 Å². The van der Waals surface area contributed by atoms with Gasteiger partial charge in [0.05, 0.1) is 36.1 Å². The molecule has 6 aromatic rings. The van der Waals surface area contributed by atoms with Gasteiger partial charge < -0.3 is 38.9 Å². The van der Waals surface area contributed by atoms with Crippen LogP contribution >= 0.6 is 11.6 Å². The summed E-state index contributed by atoms with van der Waals surface area (Å²) in [6, 6.07) is 22.1. The van der Waals surface area contributed by atoms with Gasteiger partial charge in [-0.25, -0.2) is 14.2 Å². The maximum atomic E-state index is 17.7. The number of pyridine rings is 1. The maximum absolute atomic E-state index is 17.7. The van der Waals surface area contributed by atoms with E-state index in [-0.39, 0.29) is 71.9 Å². The number of methoxy groups -OCH3 is 2. The van der Waals surface area contributed by atoms with Crippen molar-refractivity contribution >= 4 is 40.2 Å². The molecule has 0 saturated carbocycles. The molecule has 1 saturated heterocycles. The number of fused-ring (bicyclic) bond motifs is 2. The van der Waals surface area contributed by atoms with Gasteiger partial charge in [-0.2, -0.15) is 23.1 Å². The zero-order chi connectivity index (χ0) is 45.4. The first-order valence-electron chi connectivity index (χ1n) is 20.6. The molecule has 4 aromatic carbocycles. The van der Waals surface area contributed by atoms with Gasteiger partial charge in [0, 0.05) is 62.8 Å². The summed E-state index contributed by atoms with van der Waals surface area (Å²) in [5.74, 6) is 0.897. The Bertz CT molecular complexity index is 2660. The smallest absolute Gasteiger partial charge is 0.418 e. The Labute approximate surface area is 372 Å². The predicted octanol–water partition coefficient (Wildman–Crippen LogP) is 10.0. The number of rotatable bonds is 11. The van der Waals surface area contributed by atoms with Crippen LogP contribution in [0.1, 0.15) is 40.3 Å². The third-order valence-electron chi connectivity index (χ3n) is 11.7. The van der Waals surface area contributed by atoms with E-state index >= 15 is 17.6 Å². The van der Waals surface area contributed by atoms with E-state index in [9.17, 15) is 9.90 Å². The number of piperazine rings is 1. The summed E-state index contributed by atoms with van der Waals surface area (Å²) in [5, 5.41) is 9.50. The van der Waals surface area contributed by atoms with Gasteiger partial charge in [-0.05, 0) is 92.0 Å². The van der Waals surface area contributed by atoms with Gasteiger partial charge in [-0.1, -0.05) is 48.0 Å². The summed E-state index contributed by atoms with van der Waals surface area (Å²) in [6.45, 7) is 5.39. The molecule has 0 spiro atoms. The normalized spacial score (nSPS) is 15.6. The highest BCUT2D eigenvalue weighted by Crippen LogP contribution is 2.46. The number of carbonyl (C=O) groups is 1. The van der Waals surface area contributed by atoms with Crippen LogP contribution in [0.4, 0.5) is 34.0 Å². The number of halogens is 5. The molecule has 0 unspecified atom stereocenters. The molecule has 2 aromatic heterocycles. The highest BCUT2D eigenvalue weighted by molar-refractivity contribution is 6.34. The molecule has 2 aliphatic rings. The number of nitrogens with zero attached hydrogens (tertiary/aromatic N) is 7. The Hall–Kier alpha value is -6.39. The number of likely N-dealkylation sites (N-methyl/N-ethyl adjacent to an activating group) is 1. The second-order valence-corrected chi connectivity index (χ2v) is 16.5. The number of amides is 1. The van der Waals surface area contributed by atoms with Gasteiger partial charge in [0.25, 0.3) is 0 Å². The number of hydrogen-bond acceptors (Lipinski definition) is 10. The standard InChI is InChI=1S/C47H46ClF4N7O5/c1-27-21-38(58(24-29-9-13-32(62-4)14-10-29)25-30-11-15-33(63-5)16-12-30)53-43(40(27)47(50,51)52)39-36(48)22-35-42(41(39)49)54-45(55-44(35)59-20-19-57(46(60)61)23-28(59)2)64-37-8-6-7-31-26-56(3)18-17-34(31)37/h6-16,21-22,28H,17-20,23-26H2,1-5H3,(H,60,61)/t28-/m0/s1. The summed E-state index contributed by atoms with van der Waals surface area (Å²) in [5.41, 5.74) is 0.590. The lowest BCUT2D eigenvalue weighted by atomic mass is 9.98. The second kappa shape index (κ2) is 18.0. The number of ether oxygens (including phenoxy) is 3. The molecule has 0 aliphatic carbocycles. The lowest BCUT2D eigenvalue weighted by Crippen LogP contribution is -2.53. The Morgan fingerprint density at radius 3 is 2.17 bits per heavy atom. The minimum atomic E-state index is -4.97. The van der Waals surface area contributed by atoms with Gasteiger partial charge >= 0.3 is 18.3 Å². The van der Waals surface area contributed by atoms with Crippen molar-refractivity contribution in [2.45, 2.75) is 52.1 Å². The second-order valence-electron chi connectivity index (χ2n) is 16.1. The van der Waals surface area contributed by atoms with Crippen molar-refractivity contribution in [2.75, 3.05) is 57.2 Å². The van der Waals surface area contributed by atoms with E-state index in [2.05, 4.69) is 14.9 Å². The molecule has 0 radical (unpaired) electrons. The topological polar surface area (TPSA) is 117 Å². The third kappa shape index (κ3) is 9.02. The van der Waals surface area contributed by atoms with Crippen molar-refractivity contribution < 1.29 is 41.7 Å². The van der Waals surface area contributed by atoms with E-state index in [0.29, 0.717) is 30.2 Å². The molecule has 1 fully saturated rings. The van der Waals surface area contributed by atoms with E-state index in [4.69, 9.17) is 30.8 Å². The zero-order valence-electron chi connectivity index (χ0n) is 35.8. The monoisotopic (exact) mass is 899 g/mol. The summed E-state index contributed by atoms with van der Waals surface area (Å²) in [6.07, 6.45) is -5.39. The minimum Gasteiger partial charge on any atom is -0.497 e. The van der Waals surface area contributed by atoms with Crippen molar-refractivity contribution in [3.8, 4) is 34.5 Å². The lowest BCUT2D eigenvalue weighted by Gasteiger charge is -2.39. The molecular weight excluding hydrogens is 854 g/mol. The first kappa shape index (κ1) is 44.2. The van der Waals surface area contributed by atoms with E-state index in [1.165, 1.54) is 24.0 Å². The largest absolute Gasteiger partial charge is 0.497 e. The summed E-state index contributed by atoms with van der Waals surface area (Å²) in [4.78, 5) is 32.9. The number of aryl methyl sites for hydroxylation is 1. The number of hydrogen-bond donors (Lipinski definition) is 1. The number of benzene rings is 4. The van der Waals surface area contributed by atoms with Gasteiger partial charge in [0.2, 0.25) is 0 Å². The zero-order valence-corrected chi connectivity index (χ0v) is 36.6. The van der Waals surface area contributed by atoms with Crippen LogP contribution in [0, 0.1) is 12.7 Å². The average Bonchev–Trinajstić information content (AvgIpc) is 3.26. The van der Waals surface area contributed by atoms with E-state index in [1.54, 1.807) is 56.4 Å². The average molecular weight is 900 g/mol. The van der Waals surface area contributed by atoms with Crippen LogP contribution in [0.25, 0.3) is 22.2 Å². The highest BCUT2D eigenvalue weighted by Gasteiger charge is 2.39. The van der Waals surface area contributed by atoms with Crippen LogP contribution < -0.4 is 24.0 Å². The molecule has 1 N–H and O–H groups in total.